The molecular formula is C17H27NO. The van der Waals surface area contributed by atoms with Gasteiger partial charge in [0.25, 0.3) is 0 Å². The van der Waals surface area contributed by atoms with Crippen LogP contribution in [0.15, 0.2) is 30.3 Å². The second kappa shape index (κ2) is 7.06. The van der Waals surface area contributed by atoms with Gasteiger partial charge in [-0.3, -0.25) is 0 Å². The summed E-state index contributed by atoms with van der Waals surface area (Å²) in [5.74, 6) is 1.08. The van der Waals surface area contributed by atoms with Gasteiger partial charge in [-0.15, -0.1) is 0 Å². The lowest BCUT2D eigenvalue weighted by Crippen LogP contribution is -2.47. The van der Waals surface area contributed by atoms with Crippen LogP contribution in [0.1, 0.15) is 51.0 Å². The highest BCUT2D eigenvalue weighted by molar-refractivity contribution is 5.22. The van der Waals surface area contributed by atoms with Crippen molar-refractivity contribution in [1.82, 2.24) is 5.32 Å². The molecule has 0 aromatic heterocycles. The Labute approximate surface area is 117 Å². The average Bonchev–Trinajstić information content (AvgIpc) is 2.45. The largest absolute Gasteiger partial charge is 0.395 e. The monoisotopic (exact) mass is 261 g/mol. The van der Waals surface area contributed by atoms with Crippen LogP contribution in [0.2, 0.25) is 0 Å². The second-order valence-electron chi connectivity index (χ2n) is 6.11. The van der Waals surface area contributed by atoms with E-state index in [1.807, 2.05) is 0 Å². The molecule has 2 heteroatoms. The number of benzene rings is 1. The first-order chi connectivity index (χ1) is 9.22. The SMILES string of the molecule is CC(C)C(CO)NC1CCCCC1c1ccccc1. The third kappa shape index (κ3) is 3.80. The van der Waals surface area contributed by atoms with E-state index in [0.717, 1.165) is 0 Å². The Kier molecular flexibility index (Phi) is 5.41. The Bertz CT molecular complexity index is 363. The molecule has 0 heterocycles. The first kappa shape index (κ1) is 14.5. The van der Waals surface area contributed by atoms with Crippen LogP contribution in [0.4, 0.5) is 0 Å². The molecule has 0 amide bonds. The minimum atomic E-state index is 0.217. The molecule has 2 N–H and O–H groups in total. The second-order valence-corrected chi connectivity index (χ2v) is 6.11. The van der Waals surface area contributed by atoms with Gasteiger partial charge in [0.15, 0.2) is 0 Å². The predicted molar refractivity (Wildman–Crippen MR) is 80.3 cm³/mol. The van der Waals surface area contributed by atoms with Crippen LogP contribution in [-0.4, -0.2) is 23.8 Å². The van der Waals surface area contributed by atoms with Gasteiger partial charge in [0.05, 0.1) is 6.61 Å². The summed E-state index contributed by atoms with van der Waals surface area (Å²) in [6, 6.07) is 11.6. The normalized spacial score (nSPS) is 25.5. The van der Waals surface area contributed by atoms with Crippen LogP contribution >= 0.6 is 0 Å². The van der Waals surface area contributed by atoms with Crippen LogP contribution in [0.3, 0.4) is 0 Å². The standard InChI is InChI=1S/C17H27NO/c1-13(2)17(12-19)18-16-11-7-6-10-15(16)14-8-4-3-5-9-14/h3-5,8-9,13,15-19H,6-7,10-12H2,1-2H3. The number of nitrogens with one attached hydrogen (secondary N) is 1. The van der Waals surface area contributed by atoms with Crippen molar-refractivity contribution in [2.75, 3.05) is 6.61 Å². The predicted octanol–water partition coefficient (Wildman–Crippen LogP) is 3.32. The zero-order valence-electron chi connectivity index (χ0n) is 12.2. The molecule has 0 saturated heterocycles. The highest BCUT2D eigenvalue weighted by Gasteiger charge is 2.28. The van der Waals surface area contributed by atoms with E-state index in [1.165, 1.54) is 31.2 Å². The zero-order valence-corrected chi connectivity index (χ0v) is 12.2. The maximum Gasteiger partial charge on any atom is 0.0587 e. The van der Waals surface area contributed by atoms with Crippen LogP contribution in [0, 0.1) is 5.92 Å². The van der Waals surface area contributed by atoms with Crippen LogP contribution < -0.4 is 5.32 Å². The quantitative estimate of drug-likeness (QED) is 0.852. The first-order valence-electron chi connectivity index (χ1n) is 7.64. The molecular weight excluding hydrogens is 234 g/mol. The van der Waals surface area contributed by atoms with E-state index in [1.54, 1.807) is 0 Å². The maximum absolute atomic E-state index is 9.52. The van der Waals surface area contributed by atoms with Gasteiger partial charge in [-0.1, -0.05) is 57.0 Å². The molecule has 1 aliphatic rings. The summed E-state index contributed by atoms with van der Waals surface area (Å²) in [6.45, 7) is 4.58. The van der Waals surface area contributed by atoms with E-state index < -0.39 is 0 Å². The topological polar surface area (TPSA) is 32.3 Å². The van der Waals surface area contributed by atoms with Crippen molar-refractivity contribution in [3.63, 3.8) is 0 Å². The van der Waals surface area contributed by atoms with Gasteiger partial charge in [0.2, 0.25) is 0 Å². The molecule has 0 aliphatic heterocycles. The summed E-state index contributed by atoms with van der Waals surface area (Å²) in [6.07, 6.45) is 5.11. The smallest absolute Gasteiger partial charge is 0.0587 e. The molecule has 1 aromatic carbocycles. The lowest BCUT2D eigenvalue weighted by atomic mass is 9.79. The number of hydrogen-bond donors (Lipinski definition) is 2. The molecule has 1 saturated carbocycles. The molecule has 2 rings (SSSR count). The minimum Gasteiger partial charge on any atom is -0.395 e. The van der Waals surface area contributed by atoms with Gasteiger partial charge >= 0.3 is 0 Å². The molecule has 106 valence electrons. The average molecular weight is 261 g/mol. The number of rotatable bonds is 5. The van der Waals surface area contributed by atoms with E-state index in [2.05, 4.69) is 49.5 Å². The van der Waals surface area contributed by atoms with Crippen molar-refractivity contribution in [2.45, 2.75) is 57.5 Å². The molecule has 1 aromatic rings. The van der Waals surface area contributed by atoms with Gasteiger partial charge in [0.1, 0.15) is 0 Å². The van der Waals surface area contributed by atoms with E-state index >= 15 is 0 Å². The van der Waals surface area contributed by atoms with Gasteiger partial charge in [-0.25, -0.2) is 0 Å². The maximum atomic E-state index is 9.52. The number of aliphatic hydroxyl groups is 1. The molecule has 1 fully saturated rings. The molecule has 2 nitrogen and oxygen atoms in total. The zero-order chi connectivity index (χ0) is 13.7. The summed E-state index contributed by atoms with van der Waals surface area (Å²) in [7, 11) is 0. The van der Waals surface area contributed by atoms with Gasteiger partial charge in [-0.2, -0.15) is 0 Å². The highest BCUT2D eigenvalue weighted by atomic mass is 16.3. The van der Waals surface area contributed by atoms with Crippen molar-refractivity contribution in [1.29, 1.82) is 0 Å². The van der Waals surface area contributed by atoms with Gasteiger partial charge in [-0.05, 0) is 30.2 Å². The summed E-state index contributed by atoms with van der Waals surface area (Å²) >= 11 is 0. The van der Waals surface area contributed by atoms with Crippen LogP contribution in [-0.2, 0) is 0 Å². The Morgan fingerprint density at radius 2 is 1.84 bits per heavy atom. The third-order valence-electron chi connectivity index (χ3n) is 4.42. The summed E-state index contributed by atoms with van der Waals surface area (Å²) in [5.41, 5.74) is 1.44. The molecule has 19 heavy (non-hydrogen) atoms. The third-order valence-corrected chi connectivity index (χ3v) is 4.42. The Balaban J connectivity index is 2.08. The number of hydrogen-bond acceptors (Lipinski definition) is 2. The van der Waals surface area contributed by atoms with E-state index in [-0.39, 0.29) is 12.6 Å². The fraction of sp³-hybridized carbons (Fsp3) is 0.647. The Morgan fingerprint density at radius 1 is 1.16 bits per heavy atom. The highest BCUT2D eigenvalue weighted by Crippen LogP contribution is 2.33. The van der Waals surface area contributed by atoms with E-state index in [9.17, 15) is 5.11 Å². The molecule has 0 bridgehead atoms. The Morgan fingerprint density at radius 3 is 2.47 bits per heavy atom. The van der Waals surface area contributed by atoms with E-state index in [0.29, 0.717) is 17.9 Å². The molecule has 0 spiro atoms. The van der Waals surface area contributed by atoms with Crippen molar-refractivity contribution >= 4 is 0 Å². The van der Waals surface area contributed by atoms with Crippen LogP contribution in [0.5, 0.6) is 0 Å². The van der Waals surface area contributed by atoms with Gasteiger partial charge < -0.3 is 10.4 Å². The molecule has 1 aliphatic carbocycles. The molecule has 0 radical (unpaired) electrons. The lowest BCUT2D eigenvalue weighted by molar-refractivity contribution is 0.180. The number of aliphatic hydroxyl groups excluding tert-OH is 1. The summed E-state index contributed by atoms with van der Waals surface area (Å²) < 4.78 is 0. The molecule has 3 unspecified atom stereocenters. The summed E-state index contributed by atoms with van der Waals surface area (Å²) in [4.78, 5) is 0. The molecule has 3 atom stereocenters. The van der Waals surface area contributed by atoms with Crippen molar-refractivity contribution in [3.8, 4) is 0 Å². The van der Waals surface area contributed by atoms with Crippen molar-refractivity contribution < 1.29 is 5.11 Å². The minimum absolute atomic E-state index is 0.217. The Hall–Kier alpha value is -0.860. The fourth-order valence-electron chi connectivity index (χ4n) is 3.16. The first-order valence-corrected chi connectivity index (χ1v) is 7.64. The van der Waals surface area contributed by atoms with Crippen molar-refractivity contribution in [3.05, 3.63) is 35.9 Å². The van der Waals surface area contributed by atoms with Crippen LogP contribution in [0.25, 0.3) is 0 Å². The fourth-order valence-corrected chi connectivity index (χ4v) is 3.16. The summed E-state index contributed by atoms with van der Waals surface area (Å²) in [5, 5.41) is 13.2. The lowest BCUT2D eigenvalue weighted by Gasteiger charge is -2.36. The van der Waals surface area contributed by atoms with Crippen molar-refractivity contribution in [2.24, 2.45) is 5.92 Å². The van der Waals surface area contributed by atoms with E-state index in [4.69, 9.17) is 0 Å². The van der Waals surface area contributed by atoms with Gasteiger partial charge in [0, 0.05) is 12.1 Å².